The Morgan fingerprint density at radius 1 is 0.960 bits per heavy atom. The summed E-state index contributed by atoms with van der Waals surface area (Å²) in [7, 11) is 0. The Kier molecular flexibility index (Phi) is 4.95. The van der Waals surface area contributed by atoms with Crippen LogP contribution in [0, 0.1) is 13.8 Å². The molecule has 1 aromatic heterocycles. The van der Waals surface area contributed by atoms with Crippen molar-refractivity contribution in [2.75, 3.05) is 10.6 Å². The van der Waals surface area contributed by atoms with Crippen molar-refractivity contribution in [1.82, 2.24) is 9.97 Å². The minimum Gasteiger partial charge on any atom is -0.340 e. The average Bonchev–Trinajstić information content (AvgIpc) is 2.60. The topological polar surface area (TPSA) is 66.9 Å². The maximum Gasteiger partial charge on any atom is 0.274 e. The standard InChI is InChI=1S/C19H17ClN4O/c1-12-3-6-14(7-4-12)23-18-10-17(21-11-22-18)19(25)24-15-8-5-13(2)16(20)9-15/h3-11H,1-2H3,(H,24,25)(H,21,22,23). The molecule has 0 unspecified atom stereocenters. The van der Waals surface area contributed by atoms with Gasteiger partial charge >= 0.3 is 0 Å². The highest BCUT2D eigenvalue weighted by Gasteiger charge is 2.10. The van der Waals surface area contributed by atoms with Gasteiger partial charge in [-0.2, -0.15) is 0 Å². The molecule has 0 aliphatic rings. The first-order chi connectivity index (χ1) is 12.0. The fraction of sp³-hybridized carbons (Fsp3) is 0.105. The monoisotopic (exact) mass is 352 g/mol. The van der Waals surface area contributed by atoms with Crippen molar-refractivity contribution < 1.29 is 4.79 Å². The zero-order chi connectivity index (χ0) is 17.8. The molecule has 126 valence electrons. The van der Waals surface area contributed by atoms with Crippen molar-refractivity contribution >= 4 is 34.7 Å². The van der Waals surface area contributed by atoms with Crippen molar-refractivity contribution in [3.63, 3.8) is 0 Å². The quantitative estimate of drug-likeness (QED) is 0.711. The summed E-state index contributed by atoms with van der Waals surface area (Å²) in [5.74, 6) is 0.222. The van der Waals surface area contributed by atoms with Gasteiger partial charge < -0.3 is 10.6 Å². The molecule has 0 aliphatic heterocycles. The van der Waals surface area contributed by atoms with Crippen molar-refractivity contribution in [2.24, 2.45) is 0 Å². The van der Waals surface area contributed by atoms with Crippen LogP contribution in [0.1, 0.15) is 21.6 Å². The number of aryl methyl sites for hydroxylation is 2. The molecular formula is C19H17ClN4O. The van der Waals surface area contributed by atoms with Gasteiger partial charge in [-0.05, 0) is 43.7 Å². The van der Waals surface area contributed by atoms with Crippen molar-refractivity contribution in [1.29, 1.82) is 0 Å². The van der Waals surface area contributed by atoms with E-state index >= 15 is 0 Å². The smallest absolute Gasteiger partial charge is 0.274 e. The lowest BCUT2D eigenvalue weighted by Crippen LogP contribution is -2.14. The third-order valence-electron chi connectivity index (χ3n) is 3.65. The van der Waals surface area contributed by atoms with Gasteiger partial charge in [0.05, 0.1) is 0 Å². The highest BCUT2D eigenvalue weighted by molar-refractivity contribution is 6.31. The molecule has 6 heteroatoms. The molecule has 0 radical (unpaired) electrons. The molecule has 0 aliphatic carbocycles. The number of carbonyl (C=O) groups is 1. The molecule has 1 amide bonds. The molecular weight excluding hydrogens is 336 g/mol. The third-order valence-corrected chi connectivity index (χ3v) is 4.06. The number of anilines is 3. The van der Waals surface area contributed by atoms with E-state index in [2.05, 4.69) is 20.6 Å². The van der Waals surface area contributed by atoms with E-state index in [0.29, 0.717) is 16.5 Å². The number of halogens is 1. The van der Waals surface area contributed by atoms with Crippen molar-refractivity contribution in [2.45, 2.75) is 13.8 Å². The van der Waals surface area contributed by atoms with Crippen LogP contribution in [-0.2, 0) is 0 Å². The maximum atomic E-state index is 12.4. The second kappa shape index (κ2) is 7.32. The van der Waals surface area contributed by atoms with Crippen LogP contribution < -0.4 is 10.6 Å². The lowest BCUT2D eigenvalue weighted by molar-refractivity contribution is 0.102. The van der Waals surface area contributed by atoms with Crippen LogP contribution in [0.5, 0.6) is 0 Å². The molecule has 3 rings (SSSR count). The predicted molar refractivity (Wildman–Crippen MR) is 101 cm³/mol. The summed E-state index contributed by atoms with van der Waals surface area (Å²) in [6, 6.07) is 14.9. The number of hydrogen-bond acceptors (Lipinski definition) is 4. The van der Waals surface area contributed by atoms with Crippen LogP contribution in [0.4, 0.5) is 17.2 Å². The lowest BCUT2D eigenvalue weighted by atomic mass is 10.2. The first-order valence-corrected chi connectivity index (χ1v) is 8.12. The van der Waals surface area contributed by atoms with E-state index in [1.54, 1.807) is 18.2 Å². The summed E-state index contributed by atoms with van der Waals surface area (Å²) in [6.45, 7) is 3.93. The van der Waals surface area contributed by atoms with E-state index in [1.807, 2.05) is 44.2 Å². The van der Waals surface area contributed by atoms with Gasteiger partial charge in [0.25, 0.3) is 5.91 Å². The predicted octanol–water partition coefficient (Wildman–Crippen LogP) is 4.74. The number of aromatic nitrogens is 2. The first kappa shape index (κ1) is 16.9. The van der Waals surface area contributed by atoms with Gasteiger partial charge in [0, 0.05) is 22.5 Å². The van der Waals surface area contributed by atoms with Crippen LogP contribution in [0.25, 0.3) is 0 Å². The van der Waals surface area contributed by atoms with Crippen molar-refractivity contribution in [3.05, 3.63) is 76.7 Å². The Labute approximate surface area is 151 Å². The van der Waals surface area contributed by atoms with E-state index in [-0.39, 0.29) is 11.6 Å². The third kappa shape index (κ3) is 4.33. The molecule has 25 heavy (non-hydrogen) atoms. The Morgan fingerprint density at radius 2 is 1.68 bits per heavy atom. The van der Waals surface area contributed by atoms with E-state index < -0.39 is 0 Å². The molecule has 0 bridgehead atoms. The number of benzene rings is 2. The minimum atomic E-state index is -0.325. The highest BCUT2D eigenvalue weighted by atomic mass is 35.5. The van der Waals surface area contributed by atoms with Crippen LogP contribution in [-0.4, -0.2) is 15.9 Å². The van der Waals surface area contributed by atoms with Crippen molar-refractivity contribution in [3.8, 4) is 0 Å². The second-order valence-electron chi connectivity index (χ2n) is 5.70. The Balaban J connectivity index is 1.74. The fourth-order valence-electron chi connectivity index (χ4n) is 2.20. The second-order valence-corrected chi connectivity index (χ2v) is 6.10. The molecule has 0 saturated heterocycles. The highest BCUT2D eigenvalue weighted by Crippen LogP contribution is 2.21. The summed E-state index contributed by atoms with van der Waals surface area (Å²) in [5.41, 5.74) is 3.89. The van der Waals surface area contributed by atoms with Gasteiger partial charge in [0.2, 0.25) is 0 Å². The maximum absolute atomic E-state index is 12.4. The van der Waals surface area contributed by atoms with E-state index in [4.69, 9.17) is 11.6 Å². The first-order valence-electron chi connectivity index (χ1n) is 7.74. The van der Waals surface area contributed by atoms with Crippen LogP contribution in [0.3, 0.4) is 0 Å². The number of nitrogens with one attached hydrogen (secondary N) is 2. The molecule has 0 fully saturated rings. The normalized spacial score (nSPS) is 10.4. The molecule has 5 nitrogen and oxygen atoms in total. The Hall–Kier alpha value is -2.92. The van der Waals surface area contributed by atoms with Crippen LogP contribution in [0.15, 0.2) is 54.9 Å². The largest absolute Gasteiger partial charge is 0.340 e. The van der Waals surface area contributed by atoms with E-state index in [1.165, 1.54) is 11.9 Å². The van der Waals surface area contributed by atoms with Gasteiger partial charge in [0.15, 0.2) is 0 Å². The number of carbonyl (C=O) groups excluding carboxylic acids is 1. The van der Waals surface area contributed by atoms with E-state index in [9.17, 15) is 4.79 Å². The average molecular weight is 353 g/mol. The summed E-state index contributed by atoms with van der Waals surface area (Å²) >= 11 is 6.08. The van der Waals surface area contributed by atoms with Gasteiger partial charge in [-0.15, -0.1) is 0 Å². The molecule has 0 saturated carbocycles. The lowest BCUT2D eigenvalue weighted by Gasteiger charge is -2.09. The van der Waals surface area contributed by atoms with Crippen LogP contribution >= 0.6 is 11.6 Å². The van der Waals surface area contributed by atoms with Gasteiger partial charge in [0.1, 0.15) is 17.8 Å². The minimum absolute atomic E-state index is 0.265. The number of hydrogen-bond donors (Lipinski definition) is 2. The Morgan fingerprint density at radius 3 is 2.40 bits per heavy atom. The number of amides is 1. The molecule has 0 atom stereocenters. The fourth-order valence-corrected chi connectivity index (χ4v) is 2.38. The summed E-state index contributed by atoms with van der Waals surface area (Å²) < 4.78 is 0. The zero-order valence-corrected chi connectivity index (χ0v) is 14.6. The SMILES string of the molecule is Cc1ccc(Nc2cc(C(=O)Nc3ccc(C)c(Cl)c3)ncn2)cc1. The van der Waals surface area contributed by atoms with Gasteiger partial charge in [-0.3, -0.25) is 4.79 Å². The summed E-state index contributed by atoms with van der Waals surface area (Å²) in [6.07, 6.45) is 1.35. The molecule has 2 N–H and O–H groups in total. The molecule has 3 aromatic rings. The Bertz CT molecular complexity index is 910. The molecule has 0 spiro atoms. The van der Waals surface area contributed by atoms with Gasteiger partial charge in [-0.25, -0.2) is 9.97 Å². The molecule has 2 aromatic carbocycles. The zero-order valence-electron chi connectivity index (χ0n) is 13.9. The summed E-state index contributed by atoms with van der Waals surface area (Å²) in [4.78, 5) is 20.6. The number of rotatable bonds is 4. The molecule has 1 heterocycles. The number of nitrogens with zero attached hydrogens (tertiary/aromatic N) is 2. The van der Waals surface area contributed by atoms with Crippen LogP contribution in [0.2, 0.25) is 5.02 Å². The van der Waals surface area contributed by atoms with Gasteiger partial charge in [-0.1, -0.05) is 35.4 Å². The summed E-state index contributed by atoms with van der Waals surface area (Å²) in [5, 5.41) is 6.54. The van der Waals surface area contributed by atoms with E-state index in [0.717, 1.165) is 11.3 Å².